The molecule has 1 aromatic heterocycles. The van der Waals surface area contributed by atoms with Gasteiger partial charge in [-0.25, -0.2) is 0 Å². The van der Waals surface area contributed by atoms with Crippen LogP contribution in [-0.4, -0.2) is 28.6 Å². The summed E-state index contributed by atoms with van der Waals surface area (Å²) in [5, 5.41) is 9.97. The van der Waals surface area contributed by atoms with Crippen LogP contribution < -0.4 is 0 Å². The molecule has 1 aliphatic rings. The predicted molar refractivity (Wildman–Crippen MR) is 85.8 cm³/mol. The number of likely N-dealkylation sites (tertiary alicyclic amines) is 1. The fourth-order valence-electron chi connectivity index (χ4n) is 2.76. The van der Waals surface area contributed by atoms with E-state index in [4.69, 9.17) is 11.6 Å². The van der Waals surface area contributed by atoms with Crippen LogP contribution >= 0.6 is 22.9 Å². The van der Waals surface area contributed by atoms with Crippen molar-refractivity contribution in [1.29, 1.82) is 0 Å². The van der Waals surface area contributed by atoms with Crippen molar-refractivity contribution in [3.8, 4) is 10.4 Å². The van der Waals surface area contributed by atoms with Gasteiger partial charge in [-0.15, -0.1) is 11.3 Å². The maximum Gasteiger partial charge on any atom is 0.320 e. The van der Waals surface area contributed by atoms with Crippen LogP contribution in [0.4, 0.5) is 0 Å². The second-order valence-corrected chi connectivity index (χ2v) is 6.79. The minimum Gasteiger partial charge on any atom is -0.480 e. The van der Waals surface area contributed by atoms with Gasteiger partial charge in [0.15, 0.2) is 0 Å². The highest BCUT2D eigenvalue weighted by Crippen LogP contribution is 2.34. The molecule has 1 unspecified atom stereocenters. The molecule has 21 heavy (non-hydrogen) atoms. The third-order valence-electron chi connectivity index (χ3n) is 3.81. The average molecular weight is 322 g/mol. The minimum atomic E-state index is -0.713. The molecule has 1 saturated heterocycles. The van der Waals surface area contributed by atoms with Crippen molar-refractivity contribution in [2.45, 2.75) is 25.4 Å². The van der Waals surface area contributed by atoms with Gasteiger partial charge in [0.25, 0.3) is 0 Å². The maximum atomic E-state index is 11.2. The van der Waals surface area contributed by atoms with Gasteiger partial charge in [0.1, 0.15) is 6.04 Å². The highest BCUT2D eigenvalue weighted by molar-refractivity contribution is 7.15. The van der Waals surface area contributed by atoms with Crippen LogP contribution in [0.15, 0.2) is 36.4 Å². The van der Waals surface area contributed by atoms with Crippen molar-refractivity contribution < 1.29 is 9.90 Å². The molecule has 1 fully saturated rings. The number of rotatable bonds is 4. The summed E-state index contributed by atoms with van der Waals surface area (Å²) in [5.41, 5.74) is 1.03. The van der Waals surface area contributed by atoms with E-state index in [1.165, 1.54) is 4.88 Å². The van der Waals surface area contributed by atoms with Gasteiger partial charge in [-0.3, -0.25) is 9.69 Å². The van der Waals surface area contributed by atoms with Crippen LogP contribution in [0.5, 0.6) is 0 Å². The molecule has 110 valence electrons. The molecule has 2 aromatic rings. The van der Waals surface area contributed by atoms with Crippen LogP contribution in [0.1, 0.15) is 17.7 Å². The SMILES string of the molecule is O=C(O)C1CCCN1Cc1ccc(-c2ccccc2Cl)s1. The minimum absolute atomic E-state index is 0.337. The molecular weight excluding hydrogens is 306 g/mol. The molecule has 0 radical (unpaired) electrons. The predicted octanol–water partition coefficient (Wildman–Crippen LogP) is 4.12. The van der Waals surface area contributed by atoms with Crippen molar-refractivity contribution in [2.24, 2.45) is 0 Å². The number of hydrogen-bond donors (Lipinski definition) is 1. The zero-order valence-electron chi connectivity index (χ0n) is 11.5. The summed E-state index contributed by atoms with van der Waals surface area (Å²) in [7, 11) is 0. The Balaban J connectivity index is 1.77. The second-order valence-electron chi connectivity index (χ2n) is 5.21. The summed E-state index contributed by atoms with van der Waals surface area (Å²) in [4.78, 5) is 15.6. The van der Waals surface area contributed by atoms with Crippen molar-refractivity contribution in [2.75, 3.05) is 6.54 Å². The monoisotopic (exact) mass is 321 g/mol. The Hall–Kier alpha value is -1.36. The summed E-state index contributed by atoms with van der Waals surface area (Å²) in [6.07, 6.45) is 1.71. The first kappa shape index (κ1) is 14.6. The standard InChI is InChI=1S/C16H16ClNO2S/c17-13-5-2-1-4-12(13)15-8-7-11(21-15)10-18-9-3-6-14(18)16(19)20/h1-2,4-5,7-8,14H,3,6,9-10H2,(H,19,20). The summed E-state index contributed by atoms with van der Waals surface area (Å²) < 4.78 is 0. The van der Waals surface area contributed by atoms with Crippen LogP contribution in [-0.2, 0) is 11.3 Å². The highest BCUT2D eigenvalue weighted by Gasteiger charge is 2.30. The maximum absolute atomic E-state index is 11.2. The molecule has 3 rings (SSSR count). The summed E-state index contributed by atoms with van der Waals surface area (Å²) in [6.45, 7) is 1.56. The number of benzene rings is 1. The van der Waals surface area contributed by atoms with Gasteiger partial charge >= 0.3 is 5.97 Å². The van der Waals surface area contributed by atoms with Crippen molar-refractivity contribution in [1.82, 2.24) is 4.90 Å². The number of hydrogen-bond acceptors (Lipinski definition) is 3. The molecule has 1 N–H and O–H groups in total. The largest absolute Gasteiger partial charge is 0.480 e. The first-order chi connectivity index (χ1) is 10.1. The van der Waals surface area contributed by atoms with E-state index in [2.05, 4.69) is 12.1 Å². The van der Waals surface area contributed by atoms with Crippen molar-refractivity contribution in [3.63, 3.8) is 0 Å². The number of carboxylic acid groups (broad SMARTS) is 1. The van der Waals surface area contributed by atoms with Gasteiger partial charge in [0, 0.05) is 26.9 Å². The summed E-state index contributed by atoms with van der Waals surface area (Å²) >= 11 is 7.90. The third-order valence-corrected chi connectivity index (χ3v) is 5.24. The zero-order valence-corrected chi connectivity index (χ0v) is 13.0. The molecule has 1 atom stereocenters. The molecule has 0 amide bonds. The lowest BCUT2D eigenvalue weighted by Crippen LogP contribution is -2.35. The smallest absolute Gasteiger partial charge is 0.320 e. The number of halogens is 1. The number of thiophene rings is 1. The number of nitrogens with zero attached hydrogens (tertiary/aromatic N) is 1. The Bertz CT molecular complexity index is 655. The van der Waals surface area contributed by atoms with E-state index >= 15 is 0 Å². The molecular formula is C16H16ClNO2S. The number of aliphatic carboxylic acids is 1. The fourth-order valence-corrected chi connectivity index (χ4v) is 4.13. The molecule has 1 aliphatic heterocycles. The average Bonchev–Trinajstić information content (AvgIpc) is 3.09. The van der Waals surface area contributed by atoms with E-state index in [0.29, 0.717) is 6.54 Å². The van der Waals surface area contributed by atoms with Crippen LogP contribution in [0.2, 0.25) is 5.02 Å². The number of carboxylic acids is 1. The lowest BCUT2D eigenvalue weighted by molar-refractivity contribution is -0.142. The Morgan fingerprint density at radius 2 is 2.14 bits per heavy atom. The third kappa shape index (κ3) is 3.12. The Morgan fingerprint density at radius 1 is 1.33 bits per heavy atom. The molecule has 0 spiro atoms. The van der Waals surface area contributed by atoms with Gasteiger partial charge < -0.3 is 5.11 Å². The molecule has 0 saturated carbocycles. The van der Waals surface area contributed by atoms with Gasteiger partial charge in [-0.2, -0.15) is 0 Å². The van der Waals surface area contributed by atoms with Crippen LogP contribution in [0.3, 0.4) is 0 Å². The molecule has 2 heterocycles. The first-order valence-corrected chi connectivity index (χ1v) is 8.15. The van der Waals surface area contributed by atoms with E-state index in [1.54, 1.807) is 11.3 Å². The van der Waals surface area contributed by atoms with Gasteiger partial charge in [0.05, 0.1) is 0 Å². The Morgan fingerprint density at radius 3 is 2.90 bits per heavy atom. The number of carbonyl (C=O) groups is 1. The van der Waals surface area contributed by atoms with E-state index in [1.807, 2.05) is 29.2 Å². The summed E-state index contributed by atoms with van der Waals surface area (Å²) in [5.74, 6) is -0.713. The lowest BCUT2D eigenvalue weighted by Gasteiger charge is -2.19. The first-order valence-electron chi connectivity index (χ1n) is 6.95. The second kappa shape index (κ2) is 6.18. The Kier molecular flexibility index (Phi) is 4.29. The van der Waals surface area contributed by atoms with Crippen molar-refractivity contribution >= 4 is 28.9 Å². The fraction of sp³-hybridized carbons (Fsp3) is 0.312. The molecule has 0 aliphatic carbocycles. The van der Waals surface area contributed by atoms with Gasteiger partial charge in [-0.1, -0.05) is 29.8 Å². The van der Waals surface area contributed by atoms with E-state index in [0.717, 1.165) is 34.8 Å². The van der Waals surface area contributed by atoms with Gasteiger partial charge in [0.2, 0.25) is 0 Å². The van der Waals surface area contributed by atoms with Crippen LogP contribution in [0.25, 0.3) is 10.4 Å². The zero-order chi connectivity index (χ0) is 14.8. The van der Waals surface area contributed by atoms with Crippen molar-refractivity contribution in [3.05, 3.63) is 46.3 Å². The molecule has 0 bridgehead atoms. The van der Waals surface area contributed by atoms with E-state index in [9.17, 15) is 9.90 Å². The van der Waals surface area contributed by atoms with E-state index in [-0.39, 0.29) is 6.04 Å². The van der Waals surface area contributed by atoms with Crippen LogP contribution in [0, 0.1) is 0 Å². The molecule has 5 heteroatoms. The quantitative estimate of drug-likeness (QED) is 0.921. The highest BCUT2D eigenvalue weighted by atomic mass is 35.5. The van der Waals surface area contributed by atoms with Gasteiger partial charge in [-0.05, 0) is 37.6 Å². The van der Waals surface area contributed by atoms with E-state index < -0.39 is 5.97 Å². The molecule has 3 nitrogen and oxygen atoms in total. The topological polar surface area (TPSA) is 40.5 Å². The molecule has 1 aromatic carbocycles. The normalized spacial score (nSPS) is 19.0. The summed E-state index contributed by atoms with van der Waals surface area (Å²) in [6, 6.07) is 11.6. The lowest BCUT2D eigenvalue weighted by atomic mass is 10.2. The Labute approximate surface area is 132 Å².